The lowest BCUT2D eigenvalue weighted by Gasteiger charge is -2.11. The molecule has 0 aliphatic carbocycles. The molecule has 0 aliphatic rings. The van der Waals surface area contributed by atoms with Crippen molar-refractivity contribution in [2.75, 3.05) is 26.0 Å². The van der Waals surface area contributed by atoms with Crippen molar-refractivity contribution in [1.29, 1.82) is 0 Å². The van der Waals surface area contributed by atoms with E-state index in [1.165, 1.54) is 11.8 Å². The van der Waals surface area contributed by atoms with Crippen LogP contribution in [0.4, 0.5) is 0 Å². The zero-order valence-electron chi connectivity index (χ0n) is 14.1. The lowest BCUT2D eigenvalue weighted by atomic mass is 10.2. The van der Waals surface area contributed by atoms with Crippen LogP contribution in [0.2, 0.25) is 5.02 Å². The van der Waals surface area contributed by atoms with Crippen LogP contribution in [0.1, 0.15) is 6.42 Å². The van der Waals surface area contributed by atoms with Gasteiger partial charge in [0.05, 0.1) is 10.8 Å². The van der Waals surface area contributed by atoms with Crippen LogP contribution in [-0.2, 0) is 16.1 Å². The van der Waals surface area contributed by atoms with Gasteiger partial charge in [-0.15, -0.1) is 16.8 Å². The molecular weight excluding hydrogens is 360 g/mol. The molecular formula is C17H21ClN4O2S. The third-order valence-corrected chi connectivity index (χ3v) is 4.63. The monoisotopic (exact) mass is 380 g/mol. The molecule has 0 saturated carbocycles. The van der Waals surface area contributed by atoms with Gasteiger partial charge < -0.3 is 14.6 Å². The highest BCUT2D eigenvalue weighted by atomic mass is 35.5. The summed E-state index contributed by atoms with van der Waals surface area (Å²) in [6.45, 7) is 5.34. The van der Waals surface area contributed by atoms with E-state index in [0.29, 0.717) is 35.7 Å². The lowest BCUT2D eigenvalue weighted by Crippen LogP contribution is -2.25. The van der Waals surface area contributed by atoms with Gasteiger partial charge in [-0.1, -0.05) is 41.6 Å². The number of carbonyl (C=O) groups excluding carboxylic acids is 1. The van der Waals surface area contributed by atoms with E-state index < -0.39 is 0 Å². The van der Waals surface area contributed by atoms with E-state index in [-0.39, 0.29) is 11.7 Å². The number of nitrogens with zero attached hydrogens (tertiary/aromatic N) is 3. The first-order valence-electron chi connectivity index (χ1n) is 7.84. The number of methoxy groups -OCH3 is 1. The van der Waals surface area contributed by atoms with Crippen molar-refractivity contribution >= 4 is 29.3 Å². The molecule has 2 aromatic rings. The molecule has 1 amide bonds. The van der Waals surface area contributed by atoms with Gasteiger partial charge in [0.25, 0.3) is 0 Å². The minimum atomic E-state index is -0.0735. The molecule has 2 rings (SSSR count). The number of amides is 1. The maximum Gasteiger partial charge on any atom is 0.230 e. The first kappa shape index (κ1) is 19.5. The average molecular weight is 381 g/mol. The maximum absolute atomic E-state index is 11.8. The number of halogens is 1. The Balaban J connectivity index is 2.20. The summed E-state index contributed by atoms with van der Waals surface area (Å²) in [4.78, 5) is 11.8. The van der Waals surface area contributed by atoms with E-state index in [0.717, 1.165) is 12.0 Å². The van der Waals surface area contributed by atoms with Crippen LogP contribution in [-0.4, -0.2) is 46.7 Å². The van der Waals surface area contributed by atoms with Crippen LogP contribution in [0.15, 0.2) is 42.1 Å². The summed E-state index contributed by atoms with van der Waals surface area (Å²) in [5, 5.41) is 12.6. The Labute approximate surface area is 156 Å². The fourth-order valence-corrected chi connectivity index (χ4v) is 3.19. The number of ether oxygens (including phenoxy) is 1. The predicted octanol–water partition coefficient (Wildman–Crippen LogP) is 3.03. The van der Waals surface area contributed by atoms with Crippen LogP contribution in [0.5, 0.6) is 0 Å². The topological polar surface area (TPSA) is 69.0 Å². The summed E-state index contributed by atoms with van der Waals surface area (Å²) >= 11 is 7.64. The molecule has 25 heavy (non-hydrogen) atoms. The molecule has 0 bridgehead atoms. The highest BCUT2D eigenvalue weighted by Gasteiger charge is 2.17. The van der Waals surface area contributed by atoms with E-state index in [4.69, 9.17) is 16.3 Å². The third-order valence-electron chi connectivity index (χ3n) is 3.34. The molecule has 0 aliphatic heterocycles. The van der Waals surface area contributed by atoms with Crippen LogP contribution in [0.25, 0.3) is 11.4 Å². The summed E-state index contributed by atoms with van der Waals surface area (Å²) in [5.74, 6) is 0.880. The number of thioether (sulfide) groups is 1. The van der Waals surface area contributed by atoms with E-state index in [1.807, 2.05) is 28.8 Å². The van der Waals surface area contributed by atoms with E-state index in [1.54, 1.807) is 13.2 Å². The van der Waals surface area contributed by atoms with Crippen molar-refractivity contribution in [3.8, 4) is 11.4 Å². The number of hydrogen-bond donors (Lipinski definition) is 1. The number of hydrogen-bond acceptors (Lipinski definition) is 5. The first-order chi connectivity index (χ1) is 12.2. The highest BCUT2D eigenvalue weighted by molar-refractivity contribution is 7.99. The van der Waals surface area contributed by atoms with Gasteiger partial charge in [0, 0.05) is 32.4 Å². The van der Waals surface area contributed by atoms with Crippen molar-refractivity contribution in [2.45, 2.75) is 18.1 Å². The Morgan fingerprint density at radius 2 is 2.24 bits per heavy atom. The van der Waals surface area contributed by atoms with Crippen molar-refractivity contribution in [3.05, 3.63) is 41.9 Å². The Kier molecular flexibility index (Phi) is 7.97. The molecule has 1 N–H and O–H groups in total. The molecule has 1 aromatic heterocycles. The molecule has 0 radical (unpaired) electrons. The molecule has 1 heterocycles. The van der Waals surface area contributed by atoms with Gasteiger partial charge >= 0.3 is 0 Å². The van der Waals surface area contributed by atoms with Gasteiger partial charge in [0.15, 0.2) is 11.0 Å². The third kappa shape index (κ3) is 5.59. The summed E-state index contributed by atoms with van der Waals surface area (Å²) in [6, 6.07) is 7.51. The Morgan fingerprint density at radius 3 is 2.96 bits per heavy atom. The molecule has 0 spiro atoms. The smallest absolute Gasteiger partial charge is 0.230 e. The second-order valence-corrected chi connectivity index (χ2v) is 6.52. The van der Waals surface area contributed by atoms with Gasteiger partial charge in [0.1, 0.15) is 0 Å². The normalized spacial score (nSPS) is 10.6. The van der Waals surface area contributed by atoms with Gasteiger partial charge in [-0.05, 0) is 18.6 Å². The molecule has 0 unspecified atom stereocenters. The van der Waals surface area contributed by atoms with Crippen molar-refractivity contribution in [1.82, 2.24) is 20.1 Å². The van der Waals surface area contributed by atoms with Crippen LogP contribution in [0, 0.1) is 0 Å². The van der Waals surface area contributed by atoms with Crippen LogP contribution < -0.4 is 5.32 Å². The number of rotatable bonds is 10. The molecule has 134 valence electrons. The summed E-state index contributed by atoms with van der Waals surface area (Å²) < 4.78 is 7.11. The zero-order valence-corrected chi connectivity index (χ0v) is 15.6. The van der Waals surface area contributed by atoms with E-state index in [9.17, 15) is 4.79 Å². The quantitative estimate of drug-likeness (QED) is 0.390. The second kappa shape index (κ2) is 10.2. The molecule has 1 aromatic carbocycles. The molecule has 8 heteroatoms. The van der Waals surface area contributed by atoms with E-state index in [2.05, 4.69) is 22.1 Å². The Hall–Kier alpha value is -1.83. The summed E-state index contributed by atoms with van der Waals surface area (Å²) in [5.41, 5.74) is 0.817. The number of aromatic nitrogens is 3. The molecule has 6 nitrogen and oxygen atoms in total. The first-order valence-corrected chi connectivity index (χ1v) is 9.21. The average Bonchev–Trinajstić information content (AvgIpc) is 3.01. The van der Waals surface area contributed by atoms with Crippen LogP contribution >= 0.6 is 23.4 Å². The van der Waals surface area contributed by atoms with Crippen LogP contribution in [0.3, 0.4) is 0 Å². The fourth-order valence-electron chi connectivity index (χ4n) is 2.17. The molecule has 0 fully saturated rings. The fraction of sp³-hybridized carbons (Fsp3) is 0.353. The zero-order chi connectivity index (χ0) is 18.1. The van der Waals surface area contributed by atoms with Gasteiger partial charge in [0.2, 0.25) is 5.91 Å². The highest BCUT2D eigenvalue weighted by Crippen LogP contribution is 2.29. The summed E-state index contributed by atoms with van der Waals surface area (Å²) in [6.07, 6.45) is 2.45. The minimum Gasteiger partial charge on any atom is -0.385 e. The summed E-state index contributed by atoms with van der Waals surface area (Å²) in [7, 11) is 1.67. The van der Waals surface area contributed by atoms with E-state index >= 15 is 0 Å². The predicted molar refractivity (Wildman–Crippen MR) is 101 cm³/mol. The lowest BCUT2D eigenvalue weighted by molar-refractivity contribution is -0.118. The molecule has 0 saturated heterocycles. The maximum atomic E-state index is 11.8. The van der Waals surface area contributed by atoms with Crippen molar-refractivity contribution in [3.63, 3.8) is 0 Å². The Morgan fingerprint density at radius 1 is 1.44 bits per heavy atom. The van der Waals surface area contributed by atoms with Crippen molar-refractivity contribution in [2.24, 2.45) is 0 Å². The SMILES string of the molecule is C=CCNC(=O)CSc1nnc(-c2ccccc2Cl)n1CCCOC. The standard InChI is InChI=1S/C17H21ClN4O2S/c1-3-9-19-15(23)12-25-17-21-20-16(22(17)10-6-11-24-2)13-7-4-5-8-14(13)18/h3-5,7-8H,1,6,9-12H2,2H3,(H,19,23). The number of carbonyl (C=O) groups is 1. The van der Waals surface area contributed by atoms with Gasteiger partial charge in [-0.2, -0.15) is 0 Å². The minimum absolute atomic E-state index is 0.0735. The Bertz CT molecular complexity index is 720. The number of benzene rings is 1. The molecule has 0 atom stereocenters. The number of nitrogens with one attached hydrogen (secondary N) is 1. The largest absolute Gasteiger partial charge is 0.385 e. The van der Waals surface area contributed by atoms with Gasteiger partial charge in [-0.3, -0.25) is 4.79 Å². The second-order valence-electron chi connectivity index (χ2n) is 5.17. The van der Waals surface area contributed by atoms with Gasteiger partial charge in [-0.25, -0.2) is 0 Å². The van der Waals surface area contributed by atoms with Crippen molar-refractivity contribution < 1.29 is 9.53 Å².